The van der Waals surface area contributed by atoms with E-state index < -0.39 is 0 Å². The van der Waals surface area contributed by atoms with Crippen molar-refractivity contribution in [3.8, 4) is 5.75 Å². The van der Waals surface area contributed by atoms with E-state index in [0.29, 0.717) is 36.8 Å². The van der Waals surface area contributed by atoms with E-state index in [1.54, 1.807) is 29.2 Å². The van der Waals surface area contributed by atoms with Crippen LogP contribution in [-0.2, 0) is 9.53 Å². The highest BCUT2D eigenvalue weighted by Crippen LogP contribution is 2.33. The van der Waals surface area contributed by atoms with Crippen LogP contribution >= 0.6 is 0 Å². The molecule has 0 bridgehead atoms. The maximum atomic E-state index is 11.8. The molecule has 1 amide bonds. The second-order valence-corrected chi connectivity index (χ2v) is 7.51. The minimum absolute atomic E-state index is 0.0531. The van der Waals surface area contributed by atoms with Gasteiger partial charge in [0.05, 0.1) is 12.7 Å². The Morgan fingerprint density at radius 2 is 2.20 bits per heavy atom. The number of benzene rings is 1. The average Bonchev–Trinajstić information content (AvgIpc) is 3.35. The van der Waals surface area contributed by atoms with Gasteiger partial charge in [-0.05, 0) is 50.1 Å². The van der Waals surface area contributed by atoms with Crippen LogP contribution in [0.5, 0.6) is 5.75 Å². The third kappa shape index (κ3) is 4.86. The predicted octanol–water partition coefficient (Wildman–Crippen LogP) is 3.06. The molecule has 6 N–H and O–H groups in total. The molecule has 1 fully saturated rings. The number of carbonyl (C=O) groups excluding carboxylic acids is 1. The second kappa shape index (κ2) is 9.54. The van der Waals surface area contributed by atoms with E-state index in [1.165, 1.54) is 6.08 Å². The maximum Gasteiger partial charge on any atom is 0.245 e. The van der Waals surface area contributed by atoms with Crippen molar-refractivity contribution in [1.29, 1.82) is 0 Å². The summed E-state index contributed by atoms with van der Waals surface area (Å²) in [5.74, 6) is 0.808. The molecule has 2 atom stereocenters. The first kappa shape index (κ1) is 21.5. The first-order chi connectivity index (χ1) is 14.4. The fraction of sp³-hybridized carbons (Fsp3) is 0.348. The van der Waals surface area contributed by atoms with Gasteiger partial charge in [-0.25, -0.2) is 0 Å². The largest absolute Gasteiger partial charge is 0.507 e. The Labute approximate surface area is 177 Å². The van der Waals surface area contributed by atoms with E-state index in [-0.39, 0.29) is 23.7 Å². The highest BCUT2D eigenvalue weighted by atomic mass is 16.5. The number of amides is 1. The fourth-order valence-corrected chi connectivity index (χ4v) is 3.79. The topological polar surface area (TPSA) is 118 Å². The molecular formula is C23H30N4O3. The van der Waals surface area contributed by atoms with E-state index in [0.717, 1.165) is 24.1 Å². The van der Waals surface area contributed by atoms with Gasteiger partial charge in [-0.3, -0.25) is 4.79 Å². The Morgan fingerprint density at radius 1 is 1.43 bits per heavy atom. The number of aromatic hydroxyl groups is 1. The smallest absolute Gasteiger partial charge is 0.245 e. The van der Waals surface area contributed by atoms with E-state index >= 15 is 0 Å². The average molecular weight is 411 g/mol. The van der Waals surface area contributed by atoms with Gasteiger partial charge < -0.3 is 31.2 Å². The summed E-state index contributed by atoms with van der Waals surface area (Å²) in [5.41, 5.74) is 15.1. The third-order valence-corrected chi connectivity index (χ3v) is 5.54. The normalized spacial score (nSPS) is 19.0. The van der Waals surface area contributed by atoms with Crippen LogP contribution < -0.4 is 11.5 Å². The summed E-state index contributed by atoms with van der Waals surface area (Å²) in [5, 5.41) is 9.99. The number of ether oxygens (including phenoxy) is 1. The van der Waals surface area contributed by atoms with Crippen molar-refractivity contribution in [2.75, 3.05) is 25.4 Å². The third-order valence-electron chi connectivity index (χ3n) is 5.54. The number of nitrogens with zero attached hydrogens (tertiary/aromatic N) is 1. The number of phenols is 1. The minimum Gasteiger partial charge on any atom is -0.507 e. The highest BCUT2D eigenvalue weighted by Gasteiger charge is 2.28. The quantitative estimate of drug-likeness (QED) is 0.499. The summed E-state index contributed by atoms with van der Waals surface area (Å²) in [6.07, 6.45) is 4.85. The summed E-state index contributed by atoms with van der Waals surface area (Å²) in [6.45, 7) is 7.41. The number of nitrogens with one attached hydrogen (secondary N) is 1. The molecule has 3 rings (SSSR count). The lowest BCUT2D eigenvalue weighted by Gasteiger charge is -2.20. The van der Waals surface area contributed by atoms with Crippen LogP contribution in [0.2, 0.25) is 0 Å². The molecule has 160 valence electrons. The Hall–Kier alpha value is -3.19. The minimum atomic E-state index is -0.0531. The maximum absolute atomic E-state index is 11.8. The number of carbonyl (C=O) groups is 1. The lowest BCUT2D eigenvalue weighted by molar-refractivity contribution is -0.126. The molecule has 7 heteroatoms. The van der Waals surface area contributed by atoms with Crippen molar-refractivity contribution in [2.24, 2.45) is 5.73 Å². The van der Waals surface area contributed by atoms with Crippen LogP contribution in [0.4, 0.5) is 5.82 Å². The molecule has 1 saturated heterocycles. The standard InChI is InChI=1S/C23H30N4O3/c1-3-22(29)27(4-2)10-9-17-11-16(14-30-17)20-13-15(23(25)26-20)12-19(24)18-7-5-6-8-21(18)28/h3,5-8,12-13,16-17,26,28H,1,4,9-11,14,24-25H2,2H3/b19-12-. The van der Waals surface area contributed by atoms with Gasteiger partial charge in [-0.15, -0.1) is 0 Å². The fourth-order valence-electron chi connectivity index (χ4n) is 3.79. The van der Waals surface area contributed by atoms with Crippen LogP contribution in [0.25, 0.3) is 11.8 Å². The zero-order valence-electron chi connectivity index (χ0n) is 17.3. The first-order valence-electron chi connectivity index (χ1n) is 10.2. The number of anilines is 1. The SMILES string of the molecule is C=CC(=O)N(CC)CCC1CC(c2cc(/C=C(\N)c3ccccc3O)c(N)[nH]2)CO1. The lowest BCUT2D eigenvalue weighted by Crippen LogP contribution is -2.31. The summed E-state index contributed by atoms with van der Waals surface area (Å²) in [4.78, 5) is 16.8. The molecular weight excluding hydrogens is 380 g/mol. The molecule has 0 aliphatic carbocycles. The number of hydrogen-bond donors (Lipinski definition) is 4. The zero-order valence-corrected chi connectivity index (χ0v) is 17.3. The second-order valence-electron chi connectivity index (χ2n) is 7.51. The zero-order chi connectivity index (χ0) is 21.7. The highest BCUT2D eigenvalue weighted by molar-refractivity contribution is 5.87. The molecule has 30 heavy (non-hydrogen) atoms. The number of nitrogen functional groups attached to an aromatic ring is 1. The summed E-state index contributed by atoms with van der Waals surface area (Å²) < 4.78 is 5.95. The molecule has 0 spiro atoms. The van der Waals surface area contributed by atoms with Crippen molar-refractivity contribution in [2.45, 2.75) is 31.8 Å². The Kier molecular flexibility index (Phi) is 6.84. The molecule has 7 nitrogen and oxygen atoms in total. The number of para-hydroxylation sites is 1. The molecule has 0 radical (unpaired) electrons. The van der Waals surface area contributed by atoms with Crippen LogP contribution in [0.3, 0.4) is 0 Å². The van der Waals surface area contributed by atoms with Gasteiger partial charge in [-0.1, -0.05) is 18.7 Å². The van der Waals surface area contributed by atoms with E-state index in [1.807, 2.05) is 19.1 Å². The van der Waals surface area contributed by atoms with Crippen molar-refractivity contribution in [3.63, 3.8) is 0 Å². The van der Waals surface area contributed by atoms with E-state index in [4.69, 9.17) is 16.2 Å². The molecule has 2 heterocycles. The molecule has 1 aliphatic heterocycles. The first-order valence-corrected chi connectivity index (χ1v) is 10.2. The molecule has 2 aromatic rings. The van der Waals surface area contributed by atoms with Gasteiger partial charge in [0.1, 0.15) is 11.6 Å². The number of hydrogen-bond acceptors (Lipinski definition) is 5. The molecule has 2 unspecified atom stereocenters. The molecule has 0 saturated carbocycles. The molecule has 1 aromatic carbocycles. The van der Waals surface area contributed by atoms with Gasteiger partial charge in [0.2, 0.25) is 5.91 Å². The van der Waals surface area contributed by atoms with Crippen molar-refractivity contribution < 1.29 is 14.6 Å². The Balaban J connectivity index is 1.64. The van der Waals surface area contributed by atoms with Crippen molar-refractivity contribution in [1.82, 2.24) is 9.88 Å². The number of rotatable bonds is 8. The van der Waals surface area contributed by atoms with Gasteiger partial charge >= 0.3 is 0 Å². The van der Waals surface area contributed by atoms with E-state index in [9.17, 15) is 9.90 Å². The summed E-state index contributed by atoms with van der Waals surface area (Å²) in [6, 6.07) is 8.91. The number of aromatic nitrogens is 1. The Bertz CT molecular complexity index is 934. The van der Waals surface area contributed by atoms with Gasteiger partial charge in [0.25, 0.3) is 0 Å². The number of aromatic amines is 1. The van der Waals surface area contributed by atoms with Gasteiger partial charge in [-0.2, -0.15) is 0 Å². The summed E-state index contributed by atoms with van der Waals surface area (Å²) >= 11 is 0. The monoisotopic (exact) mass is 410 g/mol. The van der Waals surface area contributed by atoms with Crippen molar-refractivity contribution in [3.05, 3.63) is 59.8 Å². The van der Waals surface area contributed by atoms with Gasteiger partial charge in [0.15, 0.2) is 0 Å². The Morgan fingerprint density at radius 3 is 2.90 bits per heavy atom. The van der Waals surface area contributed by atoms with Crippen molar-refractivity contribution >= 4 is 23.5 Å². The van der Waals surface area contributed by atoms with Crippen LogP contribution in [0.1, 0.15) is 42.5 Å². The van der Waals surface area contributed by atoms with Crippen LogP contribution in [0.15, 0.2) is 43.0 Å². The number of nitrogens with two attached hydrogens (primary N) is 2. The lowest BCUT2D eigenvalue weighted by atomic mass is 10.00. The van der Waals surface area contributed by atoms with Crippen LogP contribution in [-0.4, -0.2) is 46.7 Å². The number of H-pyrrole nitrogens is 1. The number of phenolic OH excluding ortho intramolecular Hbond substituents is 1. The van der Waals surface area contributed by atoms with E-state index in [2.05, 4.69) is 11.6 Å². The number of likely N-dealkylation sites (N-methyl/N-ethyl adjacent to an activating group) is 1. The van der Waals surface area contributed by atoms with Gasteiger partial charge in [0, 0.05) is 41.5 Å². The van der Waals surface area contributed by atoms with Crippen LogP contribution in [0, 0.1) is 0 Å². The molecule has 1 aliphatic rings. The predicted molar refractivity (Wildman–Crippen MR) is 120 cm³/mol. The molecule has 1 aromatic heterocycles. The summed E-state index contributed by atoms with van der Waals surface area (Å²) in [7, 11) is 0.